The predicted octanol–water partition coefficient (Wildman–Crippen LogP) is 1.92. The van der Waals surface area contributed by atoms with Crippen molar-refractivity contribution in [3.8, 4) is 6.07 Å². The molecule has 1 unspecified atom stereocenters. The lowest BCUT2D eigenvalue weighted by Gasteiger charge is -2.24. The van der Waals surface area contributed by atoms with Crippen molar-refractivity contribution in [2.45, 2.75) is 44.7 Å². The zero-order valence-electron chi connectivity index (χ0n) is 15.7. The zero-order chi connectivity index (χ0) is 18.8. The van der Waals surface area contributed by atoms with Crippen LogP contribution in [-0.2, 0) is 25.8 Å². The molecule has 140 valence electrons. The Labute approximate surface area is 159 Å². The van der Waals surface area contributed by atoms with Crippen LogP contribution in [0, 0.1) is 11.3 Å². The third-order valence-electron chi connectivity index (χ3n) is 5.66. The molecule has 1 aliphatic heterocycles. The molecule has 2 heterocycles. The number of aromatic nitrogens is 2. The van der Waals surface area contributed by atoms with E-state index in [0.717, 1.165) is 68.7 Å². The Hall–Kier alpha value is -2.65. The van der Waals surface area contributed by atoms with E-state index in [1.54, 1.807) is 0 Å². The van der Waals surface area contributed by atoms with Crippen molar-refractivity contribution in [1.82, 2.24) is 20.0 Å². The van der Waals surface area contributed by atoms with Crippen LogP contribution in [0.5, 0.6) is 0 Å². The first-order chi connectivity index (χ1) is 13.2. The first kappa shape index (κ1) is 17.7. The van der Waals surface area contributed by atoms with Gasteiger partial charge in [-0.3, -0.25) is 9.48 Å². The van der Waals surface area contributed by atoms with Crippen LogP contribution >= 0.6 is 0 Å². The van der Waals surface area contributed by atoms with Gasteiger partial charge in [-0.05, 0) is 56.3 Å². The maximum atomic E-state index is 12.7. The van der Waals surface area contributed by atoms with Gasteiger partial charge in [-0.1, -0.05) is 12.1 Å². The third kappa shape index (κ3) is 3.60. The molecule has 0 saturated heterocycles. The van der Waals surface area contributed by atoms with E-state index in [2.05, 4.69) is 11.4 Å². The summed E-state index contributed by atoms with van der Waals surface area (Å²) in [6.07, 6.45) is 4.75. The van der Waals surface area contributed by atoms with Crippen LogP contribution in [-0.4, -0.2) is 46.8 Å². The Balaban J connectivity index is 1.40. The van der Waals surface area contributed by atoms with Crippen LogP contribution in [0.1, 0.15) is 45.7 Å². The number of benzene rings is 1. The van der Waals surface area contributed by atoms with E-state index < -0.39 is 0 Å². The minimum atomic E-state index is 0.111. The third-order valence-corrected chi connectivity index (χ3v) is 5.66. The number of fused-ring (bicyclic) bond motifs is 3. The smallest absolute Gasteiger partial charge is 0.272 e. The van der Waals surface area contributed by atoms with Gasteiger partial charge in [-0.15, -0.1) is 0 Å². The van der Waals surface area contributed by atoms with Crippen molar-refractivity contribution in [3.63, 3.8) is 0 Å². The second-order valence-corrected chi connectivity index (χ2v) is 7.53. The van der Waals surface area contributed by atoms with Gasteiger partial charge in [0, 0.05) is 31.7 Å². The fourth-order valence-electron chi connectivity index (χ4n) is 4.11. The number of carbonyl (C=O) groups excluding carboxylic acids is 1. The number of aryl methyl sites for hydroxylation is 2. The van der Waals surface area contributed by atoms with E-state index in [4.69, 9.17) is 10.4 Å². The zero-order valence-corrected chi connectivity index (χ0v) is 15.7. The maximum absolute atomic E-state index is 12.7. The molecule has 0 radical (unpaired) electrons. The van der Waals surface area contributed by atoms with Gasteiger partial charge < -0.3 is 10.2 Å². The molecule has 0 spiro atoms. The number of nitrogens with one attached hydrogen (secondary N) is 1. The summed E-state index contributed by atoms with van der Waals surface area (Å²) < 4.78 is 1.94. The van der Waals surface area contributed by atoms with E-state index >= 15 is 0 Å². The molecular weight excluding hydrogens is 338 g/mol. The summed E-state index contributed by atoms with van der Waals surface area (Å²) >= 11 is 0. The number of hydrogen-bond acceptors (Lipinski definition) is 4. The molecule has 6 nitrogen and oxygen atoms in total. The lowest BCUT2D eigenvalue weighted by atomic mass is 9.91. The molecule has 1 aliphatic carbocycles. The Morgan fingerprint density at radius 3 is 2.89 bits per heavy atom. The molecule has 2 aliphatic rings. The first-order valence-corrected chi connectivity index (χ1v) is 9.72. The highest BCUT2D eigenvalue weighted by Gasteiger charge is 2.31. The van der Waals surface area contributed by atoms with Gasteiger partial charge in [0.05, 0.1) is 17.3 Å². The second-order valence-electron chi connectivity index (χ2n) is 7.53. The first-order valence-electron chi connectivity index (χ1n) is 9.72. The van der Waals surface area contributed by atoms with Gasteiger partial charge in [0.25, 0.3) is 5.91 Å². The summed E-state index contributed by atoms with van der Waals surface area (Å²) in [7, 11) is 1.88. The van der Waals surface area contributed by atoms with Crippen molar-refractivity contribution >= 4 is 5.91 Å². The topological polar surface area (TPSA) is 74.0 Å². The van der Waals surface area contributed by atoms with Crippen LogP contribution in [0.25, 0.3) is 0 Å². The standard InChI is InChI=1S/C21H25N5O/c1-25-11-2-12-26-20(21(25)27)18-13-17(7-8-19(18)24-26)23-10-9-15-3-5-16(14-22)6-4-15/h3-6,17,23H,2,7-13H2,1H3. The Bertz CT molecular complexity index is 877. The predicted molar refractivity (Wildman–Crippen MR) is 102 cm³/mol. The molecule has 6 heteroatoms. The summed E-state index contributed by atoms with van der Waals surface area (Å²) in [5.41, 5.74) is 5.00. The minimum Gasteiger partial charge on any atom is -0.340 e. The van der Waals surface area contributed by atoms with E-state index in [0.29, 0.717) is 11.6 Å². The fraction of sp³-hybridized carbons (Fsp3) is 0.476. The van der Waals surface area contributed by atoms with Gasteiger partial charge in [0.1, 0.15) is 5.69 Å². The lowest BCUT2D eigenvalue weighted by molar-refractivity contribution is 0.0795. The summed E-state index contributed by atoms with van der Waals surface area (Å²) in [6.45, 7) is 2.52. The van der Waals surface area contributed by atoms with E-state index in [1.165, 1.54) is 5.56 Å². The molecule has 1 amide bonds. The van der Waals surface area contributed by atoms with Crippen molar-refractivity contribution in [2.75, 3.05) is 20.1 Å². The average Bonchev–Trinajstić information content (AvgIpc) is 2.98. The average molecular weight is 363 g/mol. The molecule has 1 N–H and O–H groups in total. The fourth-order valence-corrected chi connectivity index (χ4v) is 4.11. The van der Waals surface area contributed by atoms with Crippen LogP contribution < -0.4 is 5.32 Å². The summed E-state index contributed by atoms with van der Waals surface area (Å²) in [5, 5.41) is 17.3. The van der Waals surface area contributed by atoms with Gasteiger partial charge in [-0.25, -0.2) is 0 Å². The molecule has 4 rings (SSSR count). The normalized spacial score (nSPS) is 19.2. The van der Waals surface area contributed by atoms with Crippen LogP contribution in [0.15, 0.2) is 24.3 Å². The largest absolute Gasteiger partial charge is 0.340 e. The highest BCUT2D eigenvalue weighted by molar-refractivity contribution is 5.94. The number of amides is 1. The highest BCUT2D eigenvalue weighted by atomic mass is 16.2. The molecule has 27 heavy (non-hydrogen) atoms. The minimum absolute atomic E-state index is 0.111. The van der Waals surface area contributed by atoms with Gasteiger partial charge >= 0.3 is 0 Å². The molecule has 1 aromatic carbocycles. The highest BCUT2D eigenvalue weighted by Crippen LogP contribution is 2.27. The Morgan fingerprint density at radius 2 is 2.11 bits per heavy atom. The van der Waals surface area contributed by atoms with Crippen molar-refractivity contribution < 1.29 is 4.79 Å². The molecular formula is C21H25N5O. The second kappa shape index (κ2) is 7.53. The quantitative estimate of drug-likeness (QED) is 0.901. The molecule has 0 saturated carbocycles. The summed E-state index contributed by atoms with van der Waals surface area (Å²) in [4.78, 5) is 14.6. The number of nitriles is 1. The number of nitrogens with zero attached hydrogens (tertiary/aromatic N) is 4. The number of hydrogen-bond donors (Lipinski definition) is 1. The SMILES string of the molecule is CN1CCCn2nc3c(c2C1=O)CC(NCCc1ccc(C#N)cc1)CC3. The summed E-state index contributed by atoms with van der Waals surface area (Å²) in [5.74, 6) is 0.111. The van der Waals surface area contributed by atoms with E-state index in [9.17, 15) is 4.79 Å². The van der Waals surface area contributed by atoms with E-state index in [-0.39, 0.29) is 5.91 Å². The molecule has 0 fully saturated rings. The Morgan fingerprint density at radius 1 is 1.30 bits per heavy atom. The molecule has 2 aromatic rings. The van der Waals surface area contributed by atoms with Crippen molar-refractivity contribution in [2.24, 2.45) is 0 Å². The van der Waals surface area contributed by atoms with Gasteiger partial charge in [-0.2, -0.15) is 10.4 Å². The molecule has 1 atom stereocenters. The van der Waals surface area contributed by atoms with Crippen LogP contribution in [0.3, 0.4) is 0 Å². The van der Waals surface area contributed by atoms with Crippen molar-refractivity contribution in [3.05, 3.63) is 52.3 Å². The van der Waals surface area contributed by atoms with E-state index in [1.807, 2.05) is 40.9 Å². The molecule has 0 bridgehead atoms. The van der Waals surface area contributed by atoms with Gasteiger partial charge in [0.15, 0.2) is 0 Å². The number of carbonyl (C=O) groups is 1. The van der Waals surface area contributed by atoms with Crippen LogP contribution in [0.2, 0.25) is 0 Å². The lowest BCUT2D eigenvalue weighted by Crippen LogP contribution is -2.36. The molecule has 1 aromatic heterocycles. The van der Waals surface area contributed by atoms with Crippen molar-refractivity contribution in [1.29, 1.82) is 5.26 Å². The monoisotopic (exact) mass is 363 g/mol. The maximum Gasteiger partial charge on any atom is 0.272 e. The Kier molecular flexibility index (Phi) is 4.95. The van der Waals surface area contributed by atoms with Gasteiger partial charge in [0.2, 0.25) is 0 Å². The number of rotatable bonds is 4. The van der Waals surface area contributed by atoms with Crippen LogP contribution in [0.4, 0.5) is 0 Å². The summed E-state index contributed by atoms with van der Waals surface area (Å²) in [6, 6.07) is 10.3.